The lowest BCUT2D eigenvalue weighted by atomic mass is 9.99. The van der Waals surface area contributed by atoms with Gasteiger partial charge in [0.1, 0.15) is 0 Å². The number of hydrogen-bond acceptors (Lipinski definition) is 6. The molecule has 4 rings (SSSR count). The van der Waals surface area contributed by atoms with Gasteiger partial charge in [-0.3, -0.25) is 14.5 Å². The second-order valence-corrected chi connectivity index (χ2v) is 9.12. The Morgan fingerprint density at radius 3 is 2.58 bits per heavy atom. The van der Waals surface area contributed by atoms with Crippen molar-refractivity contribution in [1.29, 1.82) is 0 Å². The van der Waals surface area contributed by atoms with Crippen molar-refractivity contribution in [3.8, 4) is 11.4 Å². The highest BCUT2D eigenvalue weighted by atomic mass is 16.5. The largest absolute Gasteiger partial charge is 0.356 e. The van der Waals surface area contributed by atoms with Crippen LogP contribution in [0.5, 0.6) is 0 Å². The third-order valence-corrected chi connectivity index (χ3v) is 6.64. The van der Waals surface area contributed by atoms with Crippen molar-refractivity contribution in [2.75, 3.05) is 39.3 Å². The number of amides is 2. The Morgan fingerprint density at radius 1 is 1.00 bits per heavy atom. The number of carbonyl (C=O) groups excluding carboxylic acids is 2. The first kappa shape index (κ1) is 23.4. The molecule has 2 aliphatic heterocycles. The highest BCUT2D eigenvalue weighted by Gasteiger charge is 2.24. The van der Waals surface area contributed by atoms with E-state index in [9.17, 15) is 9.59 Å². The second kappa shape index (κ2) is 11.9. The van der Waals surface area contributed by atoms with Gasteiger partial charge >= 0.3 is 0 Å². The van der Waals surface area contributed by atoms with Gasteiger partial charge in [-0.05, 0) is 45.2 Å². The Bertz CT molecular complexity index is 892. The van der Waals surface area contributed by atoms with Gasteiger partial charge < -0.3 is 14.7 Å². The minimum atomic E-state index is -0.0151. The molecule has 0 aliphatic carbocycles. The standard InChI is InChI=1S/C25H35N5O3/c31-22-13-18-30(23(32)19-29-15-6-1-2-7-16-29)17-8-11-21(12-14-26-22)25-27-24(28-33-25)20-9-4-3-5-10-20/h3-5,9-10,21H,1-2,6-8,11-19H2,(H,26,31). The molecule has 2 amide bonds. The first-order chi connectivity index (χ1) is 16.2. The van der Waals surface area contributed by atoms with Gasteiger partial charge in [0.15, 0.2) is 0 Å². The molecule has 1 N–H and O–H groups in total. The summed E-state index contributed by atoms with van der Waals surface area (Å²) in [5.41, 5.74) is 0.919. The summed E-state index contributed by atoms with van der Waals surface area (Å²) in [7, 11) is 0. The molecule has 2 aromatic rings. The zero-order chi connectivity index (χ0) is 22.9. The van der Waals surface area contributed by atoms with Crippen LogP contribution in [0.2, 0.25) is 0 Å². The van der Waals surface area contributed by atoms with Gasteiger partial charge in [-0.2, -0.15) is 4.98 Å². The van der Waals surface area contributed by atoms with E-state index >= 15 is 0 Å². The molecule has 2 aliphatic rings. The lowest BCUT2D eigenvalue weighted by molar-refractivity contribution is -0.133. The van der Waals surface area contributed by atoms with Gasteiger partial charge in [0.05, 0.1) is 6.54 Å². The molecule has 0 spiro atoms. The fourth-order valence-corrected chi connectivity index (χ4v) is 4.68. The zero-order valence-corrected chi connectivity index (χ0v) is 19.4. The number of nitrogens with zero attached hydrogens (tertiary/aromatic N) is 4. The van der Waals surface area contributed by atoms with Crippen LogP contribution in [0.1, 0.15) is 63.2 Å². The number of aromatic nitrogens is 2. The Kier molecular flexibility index (Phi) is 8.47. The third kappa shape index (κ3) is 6.87. The van der Waals surface area contributed by atoms with Crippen molar-refractivity contribution in [2.24, 2.45) is 0 Å². The summed E-state index contributed by atoms with van der Waals surface area (Å²) < 4.78 is 5.61. The average Bonchev–Trinajstić information content (AvgIpc) is 3.16. The molecule has 2 fully saturated rings. The number of benzene rings is 1. The van der Waals surface area contributed by atoms with Crippen LogP contribution in [0.4, 0.5) is 0 Å². The van der Waals surface area contributed by atoms with E-state index < -0.39 is 0 Å². The number of nitrogens with one attached hydrogen (secondary N) is 1. The molecule has 1 aromatic carbocycles. The highest BCUT2D eigenvalue weighted by molar-refractivity contribution is 5.80. The van der Waals surface area contributed by atoms with E-state index in [0.717, 1.165) is 50.8 Å². The van der Waals surface area contributed by atoms with E-state index in [4.69, 9.17) is 4.52 Å². The fourth-order valence-electron chi connectivity index (χ4n) is 4.68. The maximum Gasteiger partial charge on any atom is 0.236 e. The fraction of sp³-hybridized carbons (Fsp3) is 0.600. The average molecular weight is 454 g/mol. The molecular formula is C25H35N5O3. The molecule has 0 saturated carbocycles. The van der Waals surface area contributed by atoms with Crippen molar-refractivity contribution in [1.82, 2.24) is 25.3 Å². The van der Waals surface area contributed by atoms with Gasteiger partial charge in [0, 0.05) is 37.5 Å². The van der Waals surface area contributed by atoms with Crippen molar-refractivity contribution < 1.29 is 14.1 Å². The van der Waals surface area contributed by atoms with Crippen LogP contribution in [-0.4, -0.2) is 71.0 Å². The molecule has 3 heterocycles. The molecule has 33 heavy (non-hydrogen) atoms. The summed E-state index contributed by atoms with van der Waals surface area (Å²) in [6.45, 7) is 4.12. The monoisotopic (exact) mass is 453 g/mol. The van der Waals surface area contributed by atoms with E-state index in [1.165, 1.54) is 12.8 Å². The minimum Gasteiger partial charge on any atom is -0.356 e. The van der Waals surface area contributed by atoms with Gasteiger partial charge in [-0.25, -0.2) is 0 Å². The Morgan fingerprint density at radius 2 is 1.79 bits per heavy atom. The van der Waals surface area contributed by atoms with Crippen molar-refractivity contribution in [3.05, 3.63) is 36.2 Å². The lowest BCUT2D eigenvalue weighted by Gasteiger charge is -2.26. The van der Waals surface area contributed by atoms with Gasteiger partial charge in [-0.15, -0.1) is 0 Å². The molecule has 0 bridgehead atoms. The van der Waals surface area contributed by atoms with Crippen LogP contribution in [-0.2, 0) is 9.59 Å². The molecule has 8 heteroatoms. The Balaban J connectivity index is 1.39. The van der Waals surface area contributed by atoms with Crippen LogP contribution >= 0.6 is 0 Å². The van der Waals surface area contributed by atoms with E-state index in [1.807, 2.05) is 35.2 Å². The number of hydrogen-bond donors (Lipinski definition) is 1. The maximum absolute atomic E-state index is 13.1. The van der Waals surface area contributed by atoms with E-state index in [2.05, 4.69) is 20.4 Å². The number of carbonyl (C=O) groups is 2. The molecule has 0 radical (unpaired) electrons. The van der Waals surface area contributed by atoms with Gasteiger partial charge in [0.2, 0.25) is 23.5 Å². The van der Waals surface area contributed by atoms with Crippen molar-refractivity contribution in [3.63, 3.8) is 0 Å². The smallest absolute Gasteiger partial charge is 0.236 e. The van der Waals surface area contributed by atoms with Crippen LogP contribution < -0.4 is 5.32 Å². The van der Waals surface area contributed by atoms with Crippen LogP contribution in [0.25, 0.3) is 11.4 Å². The van der Waals surface area contributed by atoms with Crippen molar-refractivity contribution in [2.45, 2.75) is 57.3 Å². The topological polar surface area (TPSA) is 91.6 Å². The van der Waals surface area contributed by atoms with E-state index in [0.29, 0.717) is 44.3 Å². The molecule has 1 unspecified atom stereocenters. The summed E-state index contributed by atoms with van der Waals surface area (Å²) in [5.74, 6) is 1.35. The zero-order valence-electron chi connectivity index (χ0n) is 19.4. The molecule has 1 atom stereocenters. The summed E-state index contributed by atoms with van der Waals surface area (Å²) in [6, 6.07) is 9.77. The molecule has 178 valence electrons. The van der Waals surface area contributed by atoms with Crippen LogP contribution in [0, 0.1) is 0 Å². The first-order valence-electron chi connectivity index (χ1n) is 12.3. The van der Waals surface area contributed by atoms with Crippen LogP contribution in [0.3, 0.4) is 0 Å². The second-order valence-electron chi connectivity index (χ2n) is 9.12. The minimum absolute atomic E-state index is 0.0151. The summed E-state index contributed by atoms with van der Waals surface area (Å²) in [6.07, 6.45) is 7.57. The van der Waals surface area contributed by atoms with E-state index in [-0.39, 0.29) is 17.7 Å². The Hall–Kier alpha value is -2.74. The SMILES string of the molecule is O=C1CCN(C(=O)CN2CCCCCC2)CCCC(c2nc(-c3ccccc3)no2)CCN1. The molecular weight excluding hydrogens is 418 g/mol. The lowest BCUT2D eigenvalue weighted by Crippen LogP contribution is -2.42. The van der Waals surface area contributed by atoms with Crippen molar-refractivity contribution >= 4 is 11.8 Å². The summed E-state index contributed by atoms with van der Waals surface area (Å²) in [4.78, 5) is 34.2. The predicted octanol–water partition coefficient (Wildman–Crippen LogP) is 3.22. The molecule has 8 nitrogen and oxygen atoms in total. The quantitative estimate of drug-likeness (QED) is 0.764. The molecule has 1 aromatic heterocycles. The maximum atomic E-state index is 13.1. The summed E-state index contributed by atoms with van der Waals surface area (Å²) in [5, 5.41) is 7.15. The van der Waals surface area contributed by atoms with Crippen LogP contribution in [0.15, 0.2) is 34.9 Å². The Labute approximate surface area is 195 Å². The normalized spacial score (nSPS) is 21.6. The summed E-state index contributed by atoms with van der Waals surface area (Å²) >= 11 is 0. The third-order valence-electron chi connectivity index (χ3n) is 6.64. The number of rotatable bonds is 4. The number of likely N-dealkylation sites (tertiary alicyclic amines) is 1. The highest BCUT2D eigenvalue weighted by Crippen LogP contribution is 2.26. The van der Waals surface area contributed by atoms with Gasteiger partial charge in [0.25, 0.3) is 0 Å². The molecule has 2 saturated heterocycles. The van der Waals surface area contributed by atoms with E-state index in [1.54, 1.807) is 0 Å². The predicted molar refractivity (Wildman–Crippen MR) is 125 cm³/mol. The van der Waals surface area contributed by atoms with Gasteiger partial charge in [-0.1, -0.05) is 48.3 Å². The first-order valence-corrected chi connectivity index (χ1v) is 12.3.